The molecule has 0 bridgehead atoms. The van der Waals surface area contributed by atoms with Gasteiger partial charge in [0.1, 0.15) is 5.82 Å². The van der Waals surface area contributed by atoms with Crippen molar-refractivity contribution in [2.24, 2.45) is 5.92 Å². The Morgan fingerprint density at radius 3 is 2.91 bits per heavy atom. The molecule has 3 N–H and O–H groups in total. The molecule has 2 heterocycles. The Labute approximate surface area is 137 Å². The number of hydrogen-bond acceptors (Lipinski definition) is 4. The highest BCUT2D eigenvalue weighted by molar-refractivity contribution is 5.74. The smallest absolute Gasteiger partial charge is 0.315 e. The van der Waals surface area contributed by atoms with E-state index in [0.29, 0.717) is 0 Å². The third-order valence-electron chi connectivity index (χ3n) is 4.96. The molecule has 0 radical (unpaired) electrons. The Bertz CT molecular complexity index is 511. The van der Waals surface area contributed by atoms with Crippen LogP contribution in [-0.4, -0.2) is 47.9 Å². The molecule has 1 aromatic rings. The standard InChI is InChI=1S/C17H26N4O2/c22-12-13-5-1-2-6-15(13)20-17(23)19-14-8-10-21(11-14)16-7-3-4-9-18-16/h3-4,7,9,13-15,22H,1-2,5-6,8,10-12H2,(H2,19,20,23). The van der Waals surface area contributed by atoms with E-state index in [1.54, 1.807) is 6.20 Å². The second-order valence-electron chi connectivity index (χ2n) is 6.57. The van der Waals surface area contributed by atoms with Gasteiger partial charge >= 0.3 is 6.03 Å². The molecule has 1 aliphatic heterocycles. The number of carbonyl (C=O) groups is 1. The third kappa shape index (κ3) is 4.13. The van der Waals surface area contributed by atoms with Gasteiger partial charge in [-0.3, -0.25) is 0 Å². The Morgan fingerprint density at radius 2 is 2.13 bits per heavy atom. The quantitative estimate of drug-likeness (QED) is 0.786. The number of amides is 2. The Balaban J connectivity index is 1.47. The molecule has 23 heavy (non-hydrogen) atoms. The summed E-state index contributed by atoms with van der Waals surface area (Å²) in [7, 11) is 0. The summed E-state index contributed by atoms with van der Waals surface area (Å²) in [5.74, 6) is 1.16. The van der Waals surface area contributed by atoms with Gasteiger partial charge in [0.05, 0.1) is 0 Å². The van der Waals surface area contributed by atoms with E-state index in [-0.39, 0.29) is 30.6 Å². The lowest BCUT2D eigenvalue weighted by atomic mass is 9.85. The summed E-state index contributed by atoms with van der Waals surface area (Å²) in [4.78, 5) is 18.8. The van der Waals surface area contributed by atoms with E-state index >= 15 is 0 Å². The van der Waals surface area contributed by atoms with Crippen LogP contribution in [0.15, 0.2) is 24.4 Å². The van der Waals surface area contributed by atoms with Crippen molar-refractivity contribution in [2.75, 3.05) is 24.6 Å². The molecule has 2 amide bonds. The largest absolute Gasteiger partial charge is 0.396 e. The summed E-state index contributed by atoms with van der Waals surface area (Å²) in [6.07, 6.45) is 6.95. The normalized spacial score (nSPS) is 27.7. The fourth-order valence-electron chi connectivity index (χ4n) is 3.64. The summed E-state index contributed by atoms with van der Waals surface area (Å²) >= 11 is 0. The lowest BCUT2D eigenvalue weighted by Gasteiger charge is -2.31. The van der Waals surface area contributed by atoms with Crippen LogP contribution >= 0.6 is 0 Å². The van der Waals surface area contributed by atoms with Crippen molar-refractivity contribution in [3.8, 4) is 0 Å². The summed E-state index contributed by atoms with van der Waals surface area (Å²) < 4.78 is 0. The average Bonchev–Trinajstić information content (AvgIpc) is 3.04. The molecule has 1 saturated heterocycles. The van der Waals surface area contributed by atoms with E-state index < -0.39 is 0 Å². The van der Waals surface area contributed by atoms with Gasteiger partial charge in [-0.2, -0.15) is 0 Å². The monoisotopic (exact) mass is 318 g/mol. The van der Waals surface area contributed by atoms with Gasteiger partial charge < -0.3 is 20.6 Å². The maximum Gasteiger partial charge on any atom is 0.315 e. The molecule has 1 saturated carbocycles. The van der Waals surface area contributed by atoms with Crippen LogP contribution in [0.4, 0.5) is 10.6 Å². The van der Waals surface area contributed by atoms with Crippen molar-refractivity contribution < 1.29 is 9.90 Å². The topological polar surface area (TPSA) is 77.5 Å². The molecule has 0 aromatic carbocycles. The predicted molar refractivity (Wildman–Crippen MR) is 89.4 cm³/mol. The second-order valence-corrected chi connectivity index (χ2v) is 6.57. The van der Waals surface area contributed by atoms with E-state index in [9.17, 15) is 9.90 Å². The average molecular weight is 318 g/mol. The molecule has 6 nitrogen and oxygen atoms in total. The minimum Gasteiger partial charge on any atom is -0.396 e. The summed E-state index contributed by atoms with van der Waals surface area (Å²) in [6.45, 7) is 1.85. The van der Waals surface area contributed by atoms with Crippen molar-refractivity contribution in [3.05, 3.63) is 24.4 Å². The molecule has 2 aliphatic rings. The van der Waals surface area contributed by atoms with Crippen LogP contribution in [0.25, 0.3) is 0 Å². The molecule has 1 aliphatic carbocycles. The molecular formula is C17H26N4O2. The van der Waals surface area contributed by atoms with Crippen molar-refractivity contribution in [1.82, 2.24) is 15.6 Å². The van der Waals surface area contributed by atoms with Crippen LogP contribution < -0.4 is 15.5 Å². The highest BCUT2D eigenvalue weighted by atomic mass is 16.3. The fraction of sp³-hybridized carbons (Fsp3) is 0.647. The maximum absolute atomic E-state index is 12.2. The molecule has 2 fully saturated rings. The number of pyridine rings is 1. The molecule has 1 aromatic heterocycles. The lowest BCUT2D eigenvalue weighted by Crippen LogP contribution is -2.50. The van der Waals surface area contributed by atoms with Crippen LogP contribution in [0.2, 0.25) is 0 Å². The summed E-state index contributed by atoms with van der Waals surface area (Å²) in [5, 5.41) is 15.6. The fourth-order valence-corrected chi connectivity index (χ4v) is 3.64. The number of nitrogens with zero attached hydrogens (tertiary/aromatic N) is 2. The van der Waals surface area contributed by atoms with E-state index in [0.717, 1.165) is 51.0 Å². The minimum atomic E-state index is -0.108. The minimum absolute atomic E-state index is 0.0991. The number of aromatic nitrogens is 1. The predicted octanol–water partition coefficient (Wildman–Crippen LogP) is 1.51. The van der Waals surface area contributed by atoms with E-state index in [1.807, 2.05) is 18.2 Å². The zero-order chi connectivity index (χ0) is 16.1. The zero-order valence-corrected chi connectivity index (χ0v) is 13.4. The Kier molecular flexibility index (Phi) is 5.33. The van der Waals surface area contributed by atoms with Gasteiger partial charge in [0, 0.05) is 43.9 Å². The first kappa shape index (κ1) is 16.1. The molecule has 126 valence electrons. The number of aliphatic hydroxyl groups is 1. The number of rotatable bonds is 4. The van der Waals surface area contributed by atoms with Crippen LogP contribution in [0.5, 0.6) is 0 Å². The number of nitrogens with one attached hydrogen (secondary N) is 2. The number of urea groups is 1. The molecule has 3 atom stereocenters. The van der Waals surface area contributed by atoms with Gasteiger partial charge in [0.2, 0.25) is 0 Å². The highest BCUT2D eigenvalue weighted by Gasteiger charge is 2.28. The van der Waals surface area contributed by atoms with Gasteiger partial charge in [0.15, 0.2) is 0 Å². The second kappa shape index (κ2) is 7.64. The van der Waals surface area contributed by atoms with Crippen LogP contribution in [0, 0.1) is 5.92 Å². The first-order valence-electron chi connectivity index (χ1n) is 8.60. The van der Waals surface area contributed by atoms with Gasteiger partial charge in [-0.05, 0) is 31.4 Å². The van der Waals surface area contributed by atoms with Gasteiger partial charge in [0.25, 0.3) is 0 Å². The molecule has 6 heteroatoms. The van der Waals surface area contributed by atoms with Crippen molar-refractivity contribution >= 4 is 11.8 Å². The lowest BCUT2D eigenvalue weighted by molar-refractivity contribution is 0.153. The molecule has 3 rings (SSSR count). The van der Waals surface area contributed by atoms with Crippen LogP contribution in [-0.2, 0) is 0 Å². The van der Waals surface area contributed by atoms with Gasteiger partial charge in [-0.15, -0.1) is 0 Å². The Morgan fingerprint density at radius 1 is 1.26 bits per heavy atom. The van der Waals surface area contributed by atoms with E-state index in [1.165, 1.54) is 0 Å². The zero-order valence-electron chi connectivity index (χ0n) is 13.4. The summed E-state index contributed by atoms with van der Waals surface area (Å²) in [5.41, 5.74) is 0. The van der Waals surface area contributed by atoms with Crippen molar-refractivity contribution in [3.63, 3.8) is 0 Å². The maximum atomic E-state index is 12.2. The first-order valence-corrected chi connectivity index (χ1v) is 8.60. The molecule has 0 spiro atoms. The van der Waals surface area contributed by atoms with Crippen LogP contribution in [0.1, 0.15) is 32.1 Å². The number of anilines is 1. The molecular weight excluding hydrogens is 292 g/mol. The van der Waals surface area contributed by atoms with Gasteiger partial charge in [-0.25, -0.2) is 9.78 Å². The van der Waals surface area contributed by atoms with Gasteiger partial charge in [-0.1, -0.05) is 18.9 Å². The SMILES string of the molecule is O=C(NC1CCN(c2ccccn2)C1)NC1CCCCC1CO. The molecule has 3 unspecified atom stereocenters. The van der Waals surface area contributed by atoms with Crippen molar-refractivity contribution in [1.29, 1.82) is 0 Å². The highest BCUT2D eigenvalue weighted by Crippen LogP contribution is 2.24. The van der Waals surface area contributed by atoms with Crippen LogP contribution in [0.3, 0.4) is 0 Å². The van der Waals surface area contributed by atoms with Crippen molar-refractivity contribution in [2.45, 2.75) is 44.2 Å². The van der Waals surface area contributed by atoms with E-state index in [2.05, 4.69) is 20.5 Å². The number of hydrogen-bond donors (Lipinski definition) is 3. The number of aliphatic hydroxyl groups excluding tert-OH is 1. The third-order valence-corrected chi connectivity index (χ3v) is 4.96. The number of carbonyl (C=O) groups excluding carboxylic acids is 1. The summed E-state index contributed by atoms with van der Waals surface area (Å²) in [6, 6.07) is 6.02. The van der Waals surface area contributed by atoms with E-state index in [4.69, 9.17) is 0 Å². The Hall–Kier alpha value is -1.82. The first-order chi connectivity index (χ1) is 11.3.